The second-order valence-electron chi connectivity index (χ2n) is 6.35. The Morgan fingerprint density at radius 3 is 2.93 bits per heavy atom. The number of carbonyl (C=O) groups excluding carboxylic acids is 1. The first kappa shape index (κ1) is 9.83. The van der Waals surface area contributed by atoms with Gasteiger partial charge in [-0.3, -0.25) is 4.79 Å². The van der Waals surface area contributed by atoms with Gasteiger partial charge >= 0.3 is 0 Å². The number of hydrogen-bond donors (Lipinski definition) is 0. The van der Waals surface area contributed by atoms with Gasteiger partial charge < -0.3 is 4.74 Å². The van der Waals surface area contributed by atoms with E-state index in [2.05, 4.69) is 13.8 Å². The Balaban J connectivity index is 2.04. The molecule has 0 aromatic carbocycles. The zero-order valence-corrected chi connectivity index (χ0v) is 9.71. The van der Waals surface area contributed by atoms with Crippen LogP contribution in [0.3, 0.4) is 0 Å². The van der Waals surface area contributed by atoms with Gasteiger partial charge in [-0.25, -0.2) is 0 Å². The molecule has 0 unspecified atom stereocenters. The minimum atomic E-state index is -0.0787. The van der Waals surface area contributed by atoms with Crippen LogP contribution >= 0.6 is 0 Å². The van der Waals surface area contributed by atoms with Crippen LogP contribution in [0.1, 0.15) is 46.0 Å². The summed E-state index contributed by atoms with van der Waals surface area (Å²) in [4.78, 5) is 12.2. The molecule has 1 heterocycles. The van der Waals surface area contributed by atoms with Gasteiger partial charge in [0.05, 0.1) is 18.1 Å². The number of hydrogen-bond acceptors (Lipinski definition) is 2. The van der Waals surface area contributed by atoms with E-state index in [-0.39, 0.29) is 5.41 Å². The van der Waals surface area contributed by atoms with Crippen molar-refractivity contribution in [2.75, 3.05) is 6.61 Å². The Bertz CT molecular complexity index is 308. The predicted molar refractivity (Wildman–Crippen MR) is 57.5 cm³/mol. The second kappa shape index (κ2) is 2.85. The van der Waals surface area contributed by atoms with Crippen LogP contribution in [0, 0.1) is 16.7 Å². The molecule has 3 aliphatic rings. The monoisotopic (exact) mass is 208 g/mol. The molecule has 3 fully saturated rings. The van der Waals surface area contributed by atoms with Crippen LogP contribution in [-0.4, -0.2) is 18.5 Å². The highest BCUT2D eigenvalue weighted by atomic mass is 16.5. The van der Waals surface area contributed by atoms with Crippen molar-refractivity contribution in [1.82, 2.24) is 0 Å². The molecule has 2 heteroatoms. The molecule has 2 bridgehead atoms. The highest BCUT2D eigenvalue weighted by Crippen LogP contribution is 2.60. The second-order valence-corrected chi connectivity index (χ2v) is 6.35. The maximum Gasteiger partial charge on any atom is 0.141 e. The van der Waals surface area contributed by atoms with E-state index in [0.717, 1.165) is 25.7 Å². The van der Waals surface area contributed by atoms with Gasteiger partial charge in [-0.05, 0) is 37.0 Å². The molecule has 1 spiro atoms. The zero-order valence-electron chi connectivity index (χ0n) is 9.71. The molecule has 0 amide bonds. The lowest BCUT2D eigenvalue weighted by atomic mass is 9.51. The average molecular weight is 208 g/mol. The van der Waals surface area contributed by atoms with E-state index in [0.29, 0.717) is 29.8 Å². The average Bonchev–Trinajstić information content (AvgIpc) is 2.50. The number of ether oxygens (including phenoxy) is 1. The molecule has 2 saturated carbocycles. The molecule has 15 heavy (non-hydrogen) atoms. The summed E-state index contributed by atoms with van der Waals surface area (Å²) in [5, 5.41) is 0. The van der Waals surface area contributed by atoms with Crippen molar-refractivity contribution in [1.29, 1.82) is 0 Å². The van der Waals surface area contributed by atoms with Crippen molar-refractivity contribution in [2.45, 2.75) is 52.1 Å². The van der Waals surface area contributed by atoms with E-state index >= 15 is 0 Å². The minimum absolute atomic E-state index is 0.0787. The third-order valence-electron chi connectivity index (χ3n) is 4.98. The summed E-state index contributed by atoms with van der Waals surface area (Å²) in [6, 6.07) is 0. The standard InChI is InChI=1S/C13H20O2/c1-12(2)6-9-7-13(8-15-9)10(12)4-3-5-11(13)14/h9-10H,3-8H2,1-2H3/t9-,10+,13-/m1/s1. The van der Waals surface area contributed by atoms with Crippen molar-refractivity contribution >= 4 is 5.78 Å². The molecule has 3 atom stereocenters. The van der Waals surface area contributed by atoms with Crippen LogP contribution in [0.15, 0.2) is 0 Å². The van der Waals surface area contributed by atoms with Crippen LogP contribution in [-0.2, 0) is 9.53 Å². The zero-order chi connectivity index (χ0) is 10.7. The first-order chi connectivity index (χ1) is 7.05. The van der Waals surface area contributed by atoms with E-state index in [1.54, 1.807) is 0 Å². The largest absolute Gasteiger partial charge is 0.377 e. The number of Topliss-reactive ketones (excluding diaryl/α,β-unsaturated/α-hetero) is 1. The van der Waals surface area contributed by atoms with Crippen molar-refractivity contribution in [2.24, 2.45) is 16.7 Å². The van der Waals surface area contributed by atoms with E-state index in [4.69, 9.17) is 4.74 Å². The third-order valence-corrected chi connectivity index (χ3v) is 4.98. The van der Waals surface area contributed by atoms with E-state index in [1.165, 1.54) is 6.42 Å². The minimum Gasteiger partial charge on any atom is -0.377 e. The van der Waals surface area contributed by atoms with Gasteiger partial charge in [-0.2, -0.15) is 0 Å². The van der Waals surface area contributed by atoms with Crippen molar-refractivity contribution < 1.29 is 9.53 Å². The van der Waals surface area contributed by atoms with Crippen molar-refractivity contribution in [3.63, 3.8) is 0 Å². The molecule has 2 aliphatic carbocycles. The van der Waals surface area contributed by atoms with Gasteiger partial charge in [0, 0.05) is 6.42 Å². The molecule has 0 aromatic rings. The van der Waals surface area contributed by atoms with Gasteiger partial charge in [0.25, 0.3) is 0 Å². The van der Waals surface area contributed by atoms with Gasteiger partial charge in [-0.1, -0.05) is 13.8 Å². The summed E-state index contributed by atoms with van der Waals surface area (Å²) in [5.74, 6) is 1.07. The van der Waals surface area contributed by atoms with Gasteiger partial charge in [0.15, 0.2) is 0 Å². The molecule has 1 saturated heterocycles. The normalized spacial score (nSPS) is 47.7. The smallest absolute Gasteiger partial charge is 0.141 e. The Hall–Kier alpha value is -0.370. The molecule has 0 N–H and O–H groups in total. The molecule has 84 valence electrons. The SMILES string of the molecule is CC1(C)C[C@@H]2C[C@]3(CO2)C(=O)CCC[C@@H]13. The lowest BCUT2D eigenvalue weighted by molar-refractivity contribution is -0.141. The van der Waals surface area contributed by atoms with E-state index in [1.807, 2.05) is 0 Å². The molecule has 3 rings (SSSR count). The van der Waals surface area contributed by atoms with Crippen LogP contribution in [0.5, 0.6) is 0 Å². The van der Waals surface area contributed by atoms with Crippen LogP contribution in [0.25, 0.3) is 0 Å². The first-order valence-electron chi connectivity index (χ1n) is 6.19. The summed E-state index contributed by atoms with van der Waals surface area (Å²) in [7, 11) is 0. The Kier molecular flexibility index (Phi) is 1.87. The lowest BCUT2D eigenvalue weighted by Gasteiger charge is -2.50. The maximum atomic E-state index is 12.2. The molecule has 0 radical (unpaired) electrons. The summed E-state index contributed by atoms with van der Waals surface area (Å²) in [6.07, 6.45) is 5.64. The summed E-state index contributed by atoms with van der Waals surface area (Å²) in [5.41, 5.74) is 0.222. The molecular weight excluding hydrogens is 188 g/mol. The topological polar surface area (TPSA) is 26.3 Å². The van der Waals surface area contributed by atoms with Crippen LogP contribution < -0.4 is 0 Å². The van der Waals surface area contributed by atoms with Crippen LogP contribution in [0.4, 0.5) is 0 Å². The number of carbonyl (C=O) groups is 1. The van der Waals surface area contributed by atoms with Gasteiger partial charge in [0.1, 0.15) is 5.78 Å². The first-order valence-corrected chi connectivity index (χ1v) is 6.19. The predicted octanol–water partition coefficient (Wildman–Crippen LogP) is 2.56. The highest BCUT2D eigenvalue weighted by Gasteiger charge is 2.60. The molecule has 1 aliphatic heterocycles. The number of fused-ring (bicyclic) bond motifs is 1. The Morgan fingerprint density at radius 2 is 2.13 bits per heavy atom. The quantitative estimate of drug-likeness (QED) is 0.611. The summed E-state index contributed by atoms with van der Waals surface area (Å²) >= 11 is 0. The third kappa shape index (κ3) is 1.17. The van der Waals surface area contributed by atoms with Gasteiger partial charge in [-0.15, -0.1) is 0 Å². The fourth-order valence-electron chi connectivity index (χ4n) is 4.41. The number of ketones is 1. The number of rotatable bonds is 0. The summed E-state index contributed by atoms with van der Waals surface area (Å²) < 4.78 is 5.82. The fourth-order valence-corrected chi connectivity index (χ4v) is 4.41. The van der Waals surface area contributed by atoms with E-state index < -0.39 is 0 Å². The molecule has 0 aromatic heterocycles. The summed E-state index contributed by atoms with van der Waals surface area (Å²) in [6.45, 7) is 5.36. The molecular formula is C13H20O2. The van der Waals surface area contributed by atoms with Crippen molar-refractivity contribution in [3.8, 4) is 0 Å². The Morgan fingerprint density at radius 1 is 1.33 bits per heavy atom. The van der Waals surface area contributed by atoms with Gasteiger partial charge in [0.2, 0.25) is 0 Å². The lowest BCUT2D eigenvalue weighted by Crippen LogP contribution is -2.51. The van der Waals surface area contributed by atoms with Crippen molar-refractivity contribution in [3.05, 3.63) is 0 Å². The fraction of sp³-hybridized carbons (Fsp3) is 0.923. The maximum absolute atomic E-state index is 12.2. The highest BCUT2D eigenvalue weighted by molar-refractivity contribution is 5.86. The molecule has 2 nitrogen and oxygen atoms in total. The van der Waals surface area contributed by atoms with E-state index in [9.17, 15) is 4.79 Å². The Labute approximate surface area is 91.4 Å². The van der Waals surface area contributed by atoms with Crippen LogP contribution in [0.2, 0.25) is 0 Å².